The van der Waals surface area contributed by atoms with Crippen molar-refractivity contribution in [3.8, 4) is 0 Å². The highest BCUT2D eigenvalue weighted by atomic mass is 16.5. The van der Waals surface area contributed by atoms with E-state index in [0.29, 0.717) is 5.56 Å². The van der Waals surface area contributed by atoms with Gasteiger partial charge >= 0.3 is 5.97 Å². The van der Waals surface area contributed by atoms with E-state index in [0.717, 1.165) is 11.3 Å². The minimum Gasteiger partial charge on any atom is -0.447 e. The third kappa shape index (κ3) is 2.88. The van der Waals surface area contributed by atoms with Gasteiger partial charge in [-0.3, -0.25) is 9.67 Å². The Bertz CT molecular complexity index is 754. The predicted octanol–water partition coefficient (Wildman–Crippen LogP) is 2.76. The van der Waals surface area contributed by atoms with Crippen LogP contribution in [-0.2, 0) is 11.8 Å². The van der Waals surface area contributed by atoms with Crippen LogP contribution in [0.2, 0.25) is 0 Å². The van der Waals surface area contributed by atoms with Crippen LogP contribution >= 0.6 is 0 Å². The molecule has 22 heavy (non-hydrogen) atoms. The van der Waals surface area contributed by atoms with Gasteiger partial charge in [0.15, 0.2) is 6.10 Å². The van der Waals surface area contributed by atoms with Gasteiger partial charge in [0.25, 0.3) is 0 Å². The molecule has 3 aromatic rings. The second-order valence-electron chi connectivity index (χ2n) is 4.82. The molecule has 0 aliphatic rings. The lowest BCUT2D eigenvalue weighted by Crippen LogP contribution is -2.16. The number of pyridine rings is 1. The first-order chi connectivity index (χ1) is 10.8. The molecule has 0 spiro atoms. The summed E-state index contributed by atoms with van der Waals surface area (Å²) in [6.45, 7) is 0. The van der Waals surface area contributed by atoms with Gasteiger partial charge in [0.1, 0.15) is 0 Å². The van der Waals surface area contributed by atoms with Gasteiger partial charge in [0.05, 0.1) is 11.3 Å². The van der Waals surface area contributed by atoms with Gasteiger partial charge in [0, 0.05) is 25.6 Å². The maximum absolute atomic E-state index is 12.3. The number of esters is 1. The van der Waals surface area contributed by atoms with Gasteiger partial charge in [-0.15, -0.1) is 0 Å². The molecule has 0 radical (unpaired) electrons. The van der Waals surface area contributed by atoms with Crippen LogP contribution in [0.4, 0.5) is 0 Å². The largest absolute Gasteiger partial charge is 0.447 e. The Kier molecular flexibility index (Phi) is 3.96. The van der Waals surface area contributed by atoms with Crippen molar-refractivity contribution < 1.29 is 9.53 Å². The molecule has 0 saturated carbocycles. The maximum Gasteiger partial charge on any atom is 0.340 e. The number of aryl methyl sites for hydroxylation is 1. The van der Waals surface area contributed by atoms with E-state index < -0.39 is 12.1 Å². The quantitative estimate of drug-likeness (QED) is 0.694. The van der Waals surface area contributed by atoms with Crippen LogP contribution in [0.15, 0.2) is 67.1 Å². The molecule has 0 aliphatic heterocycles. The number of aromatic nitrogens is 3. The van der Waals surface area contributed by atoms with E-state index in [4.69, 9.17) is 4.74 Å². The summed E-state index contributed by atoms with van der Waals surface area (Å²) in [5.74, 6) is -0.414. The van der Waals surface area contributed by atoms with Crippen LogP contribution in [0.1, 0.15) is 27.7 Å². The first-order valence-electron chi connectivity index (χ1n) is 6.89. The Morgan fingerprint density at radius 3 is 2.55 bits per heavy atom. The van der Waals surface area contributed by atoms with E-state index in [1.165, 1.54) is 6.20 Å². The summed E-state index contributed by atoms with van der Waals surface area (Å²) in [4.78, 5) is 16.3. The van der Waals surface area contributed by atoms with Crippen molar-refractivity contribution in [2.75, 3.05) is 0 Å². The van der Waals surface area contributed by atoms with E-state index in [9.17, 15) is 4.79 Å². The molecule has 1 atom stereocenters. The summed E-state index contributed by atoms with van der Waals surface area (Å²) in [5, 5.41) is 4.16. The first kappa shape index (κ1) is 14.0. The topological polar surface area (TPSA) is 57.0 Å². The first-order valence-corrected chi connectivity index (χ1v) is 6.89. The van der Waals surface area contributed by atoms with E-state index in [2.05, 4.69) is 10.1 Å². The molecular formula is C17H15N3O2. The smallest absolute Gasteiger partial charge is 0.340 e. The second-order valence-corrected chi connectivity index (χ2v) is 4.82. The van der Waals surface area contributed by atoms with Crippen LogP contribution in [0.25, 0.3) is 0 Å². The Balaban J connectivity index is 1.93. The SMILES string of the molecule is Cn1nccc1C(OC(=O)c1cccnc1)c1ccccc1. The number of carbonyl (C=O) groups is 1. The Hall–Kier alpha value is -2.95. The van der Waals surface area contributed by atoms with Crippen molar-refractivity contribution >= 4 is 5.97 Å². The lowest BCUT2D eigenvalue weighted by Gasteiger charge is -2.18. The van der Waals surface area contributed by atoms with Crippen molar-refractivity contribution in [1.29, 1.82) is 0 Å². The van der Waals surface area contributed by atoms with Crippen molar-refractivity contribution in [1.82, 2.24) is 14.8 Å². The van der Waals surface area contributed by atoms with Crippen LogP contribution in [0, 0.1) is 0 Å². The Labute approximate surface area is 128 Å². The molecule has 1 unspecified atom stereocenters. The highest BCUT2D eigenvalue weighted by Gasteiger charge is 2.22. The van der Waals surface area contributed by atoms with Gasteiger partial charge in [-0.05, 0) is 23.8 Å². The molecule has 0 aliphatic carbocycles. The van der Waals surface area contributed by atoms with Gasteiger partial charge in [0.2, 0.25) is 0 Å². The third-order valence-corrected chi connectivity index (χ3v) is 3.35. The Morgan fingerprint density at radius 2 is 1.91 bits per heavy atom. The lowest BCUT2D eigenvalue weighted by atomic mass is 10.1. The maximum atomic E-state index is 12.3. The van der Waals surface area contributed by atoms with Crippen molar-refractivity contribution in [3.05, 3.63) is 83.9 Å². The second kappa shape index (κ2) is 6.22. The zero-order chi connectivity index (χ0) is 15.4. The molecular weight excluding hydrogens is 278 g/mol. The van der Waals surface area contributed by atoms with Gasteiger partial charge < -0.3 is 4.74 Å². The van der Waals surface area contributed by atoms with Gasteiger partial charge in [-0.2, -0.15) is 5.10 Å². The van der Waals surface area contributed by atoms with Gasteiger partial charge in [-0.25, -0.2) is 4.79 Å². The molecule has 2 heterocycles. The fourth-order valence-corrected chi connectivity index (χ4v) is 2.23. The number of carbonyl (C=O) groups excluding carboxylic acids is 1. The van der Waals surface area contributed by atoms with Crippen LogP contribution in [0.3, 0.4) is 0 Å². The van der Waals surface area contributed by atoms with Gasteiger partial charge in [-0.1, -0.05) is 30.3 Å². The number of ether oxygens (including phenoxy) is 1. The van der Waals surface area contributed by atoms with Crippen molar-refractivity contribution in [2.24, 2.45) is 7.05 Å². The summed E-state index contributed by atoms with van der Waals surface area (Å²) < 4.78 is 7.41. The molecule has 0 bridgehead atoms. The van der Waals surface area contributed by atoms with E-state index in [1.54, 1.807) is 29.2 Å². The lowest BCUT2D eigenvalue weighted by molar-refractivity contribution is 0.0364. The fraction of sp³-hybridized carbons (Fsp3) is 0.118. The average molecular weight is 293 g/mol. The molecule has 5 heteroatoms. The predicted molar refractivity (Wildman–Crippen MR) is 81.1 cm³/mol. The zero-order valence-electron chi connectivity index (χ0n) is 12.1. The van der Waals surface area contributed by atoms with Crippen molar-refractivity contribution in [2.45, 2.75) is 6.10 Å². The third-order valence-electron chi connectivity index (χ3n) is 3.35. The highest BCUT2D eigenvalue weighted by molar-refractivity contribution is 5.89. The summed E-state index contributed by atoms with van der Waals surface area (Å²) >= 11 is 0. The normalized spacial score (nSPS) is 11.9. The highest BCUT2D eigenvalue weighted by Crippen LogP contribution is 2.26. The molecule has 3 rings (SSSR count). The molecule has 1 aromatic carbocycles. The molecule has 0 N–H and O–H groups in total. The molecule has 110 valence electrons. The number of benzene rings is 1. The average Bonchev–Trinajstić information content (AvgIpc) is 3.00. The van der Waals surface area contributed by atoms with Crippen LogP contribution in [-0.4, -0.2) is 20.7 Å². The number of nitrogens with zero attached hydrogens (tertiary/aromatic N) is 3. The summed E-state index contributed by atoms with van der Waals surface area (Å²) in [6, 6.07) is 14.8. The van der Waals surface area contributed by atoms with Crippen LogP contribution in [0.5, 0.6) is 0 Å². The van der Waals surface area contributed by atoms with Crippen molar-refractivity contribution in [3.63, 3.8) is 0 Å². The molecule has 2 aromatic heterocycles. The van der Waals surface area contributed by atoms with E-state index >= 15 is 0 Å². The minimum atomic E-state index is -0.513. The summed E-state index contributed by atoms with van der Waals surface area (Å²) in [5.41, 5.74) is 2.12. The minimum absolute atomic E-state index is 0.414. The summed E-state index contributed by atoms with van der Waals surface area (Å²) in [6.07, 6.45) is 4.28. The Morgan fingerprint density at radius 1 is 1.09 bits per heavy atom. The number of hydrogen-bond acceptors (Lipinski definition) is 4. The molecule has 5 nitrogen and oxygen atoms in total. The molecule has 0 saturated heterocycles. The zero-order valence-corrected chi connectivity index (χ0v) is 12.1. The van der Waals surface area contributed by atoms with E-state index in [-0.39, 0.29) is 0 Å². The van der Waals surface area contributed by atoms with Crippen LogP contribution < -0.4 is 0 Å². The summed E-state index contributed by atoms with van der Waals surface area (Å²) in [7, 11) is 1.82. The molecule has 0 amide bonds. The molecule has 0 fully saturated rings. The fourth-order valence-electron chi connectivity index (χ4n) is 2.23. The standard InChI is InChI=1S/C17H15N3O2/c1-20-15(9-11-19-20)16(13-6-3-2-4-7-13)22-17(21)14-8-5-10-18-12-14/h2-12,16H,1H3. The number of hydrogen-bond donors (Lipinski definition) is 0. The number of rotatable bonds is 4. The van der Waals surface area contributed by atoms with E-state index in [1.807, 2.05) is 43.4 Å². The monoisotopic (exact) mass is 293 g/mol.